The molecule has 14 heavy (non-hydrogen) atoms. The number of nitrogens with two attached hydrogens (primary N) is 3. The molecule has 3 heteroatoms. The second kappa shape index (κ2) is 52.6. The standard InChI is InChI=1S/C8H17.3CH5N/c1-3-5-7-8-6-4-2;3*1-2/h7H,3-6,8H2,1-2H3;3*2H2,1H3. The highest BCUT2D eigenvalue weighted by Crippen LogP contribution is 2.01. The van der Waals surface area contributed by atoms with Crippen LogP contribution in [-0.4, -0.2) is 21.1 Å². The van der Waals surface area contributed by atoms with Crippen LogP contribution in [-0.2, 0) is 0 Å². The van der Waals surface area contributed by atoms with Gasteiger partial charge in [-0.3, -0.25) is 0 Å². The lowest BCUT2D eigenvalue weighted by Gasteiger charge is -1.93. The van der Waals surface area contributed by atoms with E-state index >= 15 is 0 Å². The fourth-order valence-corrected chi connectivity index (χ4v) is 0.697. The fourth-order valence-electron chi connectivity index (χ4n) is 0.697. The molecule has 0 spiro atoms. The third-order valence-electron chi connectivity index (χ3n) is 1.25. The molecular formula is C11H32N3. The van der Waals surface area contributed by atoms with Crippen LogP contribution in [0.1, 0.15) is 46.0 Å². The summed E-state index contributed by atoms with van der Waals surface area (Å²) in [5.74, 6) is 0. The molecule has 0 aromatic carbocycles. The summed E-state index contributed by atoms with van der Waals surface area (Å²) in [6.07, 6.45) is 9.04. The highest BCUT2D eigenvalue weighted by atomic mass is 14.4. The molecule has 0 aromatic heterocycles. The first-order valence-corrected chi connectivity index (χ1v) is 5.46. The van der Waals surface area contributed by atoms with Gasteiger partial charge in [-0.25, -0.2) is 0 Å². The first-order valence-electron chi connectivity index (χ1n) is 5.46. The van der Waals surface area contributed by atoms with E-state index in [0.717, 1.165) is 0 Å². The van der Waals surface area contributed by atoms with Crippen molar-refractivity contribution in [3.05, 3.63) is 6.42 Å². The first kappa shape index (κ1) is 23.6. The lowest BCUT2D eigenvalue weighted by Crippen LogP contribution is -1.75. The summed E-state index contributed by atoms with van der Waals surface area (Å²) in [5.41, 5.74) is 13.5. The molecule has 1 radical (unpaired) electrons. The summed E-state index contributed by atoms with van der Waals surface area (Å²) in [4.78, 5) is 0. The molecule has 91 valence electrons. The quantitative estimate of drug-likeness (QED) is 0.601. The predicted molar refractivity (Wildman–Crippen MR) is 69.1 cm³/mol. The van der Waals surface area contributed by atoms with Crippen LogP contribution in [0.5, 0.6) is 0 Å². The molecule has 0 amide bonds. The number of hydrogen-bond donors (Lipinski definition) is 3. The third kappa shape index (κ3) is 59.1. The van der Waals surface area contributed by atoms with E-state index in [2.05, 4.69) is 37.5 Å². The van der Waals surface area contributed by atoms with Gasteiger partial charge in [0, 0.05) is 0 Å². The van der Waals surface area contributed by atoms with Crippen molar-refractivity contribution in [1.82, 2.24) is 0 Å². The monoisotopic (exact) mass is 206 g/mol. The van der Waals surface area contributed by atoms with Crippen molar-refractivity contribution in [3.8, 4) is 0 Å². The maximum Gasteiger partial charge on any atom is -0.0195 e. The van der Waals surface area contributed by atoms with Gasteiger partial charge in [0.1, 0.15) is 0 Å². The zero-order valence-corrected chi connectivity index (χ0v) is 10.8. The van der Waals surface area contributed by atoms with E-state index in [-0.39, 0.29) is 0 Å². The van der Waals surface area contributed by atoms with E-state index in [4.69, 9.17) is 0 Å². The normalized spacial score (nSPS) is 6.86. The van der Waals surface area contributed by atoms with Crippen molar-refractivity contribution in [2.45, 2.75) is 46.0 Å². The van der Waals surface area contributed by atoms with Crippen molar-refractivity contribution >= 4 is 0 Å². The fraction of sp³-hybridized carbons (Fsp3) is 0.909. The van der Waals surface area contributed by atoms with E-state index in [1.165, 1.54) is 53.2 Å². The van der Waals surface area contributed by atoms with Crippen molar-refractivity contribution in [2.75, 3.05) is 21.1 Å². The summed E-state index contributed by atoms with van der Waals surface area (Å²) in [5, 5.41) is 0. The zero-order chi connectivity index (χ0) is 12.2. The van der Waals surface area contributed by atoms with Crippen molar-refractivity contribution in [1.29, 1.82) is 0 Å². The summed E-state index contributed by atoms with van der Waals surface area (Å²) >= 11 is 0. The van der Waals surface area contributed by atoms with Gasteiger partial charge >= 0.3 is 0 Å². The summed E-state index contributed by atoms with van der Waals surface area (Å²) in [6.45, 7) is 4.46. The Bertz CT molecular complexity index is 35.5. The molecule has 0 atom stereocenters. The summed E-state index contributed by atoms with van der Waals surface area (Å²) in [6, 6.07) is 0. The predicted octanol–water partition coefficient (Wildman–Crippen LogP) is 1.91. The smallest absolute Gasteiger partial charge is 0.0195 e. The molecule has 3 nitrogen and oxygen atoms in total. The van der Waals surface area contributed by atoms with Gasteiger partial charge in [-0.2, -0.15) is 0 Å². The highest BCUT2D eigenvalue weighted by molar-refractivity contribution is 4.61. The molecule has 0 aliphatic carbocycles. The van der Waals surface area contributed by atoms with Crippen LogP contribution < -0.4 is 17.2 Å². The van der Waals surface area contributed by atoms with Crippen molar-refractivity contribution < 1.29 is 0 Å². The van der Waals surface area contributed by atoms with Gasteiger partial charge in [0.05, 0.1) is 0 Å². The number of unbranched alkanes of at least 4 members (excludes halogenated alkanes) is 5. The number of rotatable bonds is 5. The van der Waals surface area contributed by atoms with Crippen LogP contribution in [0.25, 0.3) is 0 Å². The van der Waals surface area contributed by atoms with Gasteiger partial charge in [-0.15, -0.1) is 0 Å². The molecular weight excluding hydrogens is 174 g/mol. The summed E-state index contributed by atoms with van der Waals surface area (Å²) in [7, 11) is 4.50. The van der Waals surface area contributed by atoms with E-state index < -0.39 is 0 Å². The lowest BCUT2D eigenvalue weighted by molar-refractivity contribution is 0.737. The SMILES string of the molecule is CCC[CH]CCCC.CN.CN.CN. The third-order valence-corrected chi connectivity index (χ3v) is 1.25. The van der Waals surface area contributed by atoms with Gasteiger partial charge in [0.2, 0.25) is 0 Å². The molecule has 0 saturated heterocycles. The van der Waals surface area contributed by atoms with Gasteiger partial charge in [0.15, 0.2) is 0 Å². The van der Waals surface area contributed by atoms with Crippen LogP contribution in [0, 0.1) is 6.42 Å². The summed E-state index contributed by atoms with van der Waals surface area (Å²) < 4.78 is 0. The Morgan fingerprint density at radius 1 is 0.714 bits per heavy atom. The van der Waals surface area contributed by atoms with Crippen molar-refractivity contribution in [3.63, 3.8) is 0 Å². The highest BCUT2D eigenvalue weighted by Gasteiger charge is 1.83. The molecule has 0 fully saturated rings. The molecule has 0 unspecified atom stereocenters. The Labute approximate surface area is 91.4 Å². The molecule has 0 bridgehead atoms. The molecule has 0 heterocycles. The van der Waals surface area contributed by atoms with Crippen LogP contribution >= 0.6 is 0 Å². The molecule has 0 aliphatic rings. The van der Waals surface area contributed by atoms with Gasteiger partial charge < -0.3 is 17.2 Å². The Hall–Kier alpha value is -0.120. The minimum Gasteiger partial charge on any atom is -0.333 e. The minimum absolute atomic E-state index is 1.31. The second-order valence-electron chi connectivity index (χ2n) is 2.22. The number of hydrogen-bond acceptors (Lipinski definition) is 3. The lowest BCUT2D eigenvalue weighted by atomic mass is 10.1. The zero-order valence-electron chi connectivity index (χ0n) is 10.8. The first-order chi connectivity index (χ1) is 6.91. The maximum atomic E-state index is 4.50. The van der Waals surface area contributed by atoms with Crippen molar-refractivity contribution in [2.24, 2.45) is 17.2 Å². The van der Waals surface area contributed by atoms with E-state index in [0.29, 0.717) is 0 Å². The van der Waals surface area contributed by atoms with E-state index in [1.54, 1.807) is 0 Å². The molecule has 6 N–H and O–H groups in total. The second-order valence-corrected chi connectivity index (χ2v) is 2.22. The largest absolute Gasteiger partial charge is 0.333 e. The molecule has 0 saturated carbocycles. The van der Waals surface area contributed by atoms with Gasteiger partial charge in [0.25, 0.3) is 0 Å². The van der Waals surface area contributed by atoms with Crippen LogP contribution in [0.3, 0.4) is 0 Å². The minimum atomic E-state index is 1.31. The van der Waals surface area contributed by atoms with E-state index in [9.17, 15) is 0 Å². The van der Waals surface area contributed by atoms with Gasteiger partial charge in [-0.1, -0.05) is 46.0 Å². The van der Waals surface area contributed by atoms with Crippen LogP contribution in [0.2, 0.25) is 0 Å². The average Bonchev–Trinajstić information content (AvgIpc) is 2.33. The van der Waals surface area contributed by atoms with E-state index in [1.807, 2.05) is 0 Å². The van der Waals surface area contributed by atoms with Crippen LogP contribution in [0.15, 0.2) is 0 Å². The Balaban J connectivity index is -0.0000000708. The molecule has 0 aromatic rings. The molecule has 0 aliphatic heterocycles. The van der Waals surface area contributed by atoms with Crippen LogP contribution in [0.4, 0.5) is 0 Å². The Kier molecular flexibility index (Phi) is 88.6. The average molecular weight is 206 g/mol. The topological polar surface area (TPSA) is 78.1 Å². The molecule has 0 rings (SSSR count). The maximum absolute atomic E-state index is 4.50. The Morgan fingerprint density at radius 3 is 1.43 bits per heavy atom. The Morgan fingerprint density at radius 2 is 1.14 bits per heavy atom. The van der Waals surface area contributed by atoms with Gasteiger partial charge in [-0.05, 0) is 27.6 Å².